The van der Waals surface area contributed by atoms with Gasteiger partial charge in [-0.1, -0.05) is 18.7 Å². The highest BCUT2D eigenvalue weighted by atomic mass is 32.2. The molecule has 1 aromatic heterocycles. The SMILES string of the molecule is CCN1CCN(C(=O)C(C)Sc2nnc(-c3ccc(N(CC)CC)cc3)n2CC)CC1. The molecule has 3 rings (SSSR count). The summed E-state index contributed by atoms with van der Waals surface area (Å²) in [4.78, 5) is 19.7. The fourth-order valence-corrected chi connectivity index (χ4v) is 5.03. The van der Waals surface area contributed by atoms with Crippen LogP contribution in [0.2, 0.25) is 0 Å². The van der Waals surface area contributed by atoms with E-state index >= 15 is 0 Å². The monoisotopic (exact) mass is 444 g/mol. The predicted molar refractivity (Wildman–Crippen MR) is 129 cm³/mol. The molecule has 2 aromatic rings. The van der Waals surface area contributed by atoms with Gasteiger partial charge in [0.2, 0.25) is 5.91 Å². The lowest BCUT2D eigenvalue weighted by atomic mass is 10.2. The molecule has 1 aromatic carbocycles. The minimum Gasteiger partial charge on any atom is -0.372 e. The van der Waals surface area contributed by atoms with Gasteiger partial charge >= 0.3 is 0 Å². The van der Waals surface area contributed by atoms with E-state index in [9.17, 15) is 4.79 Å². The van der Waals surface area contributed by atoms with E-state index in [-0.39, 0.29) is 11.2 Å². The molecule has 170 valence electrons. The largest absolute Gasteiger partial charge is 0.372 e. The molecule has 1 saturated heterocycles. The van der Waals surface area contributed by atoms with Crippen molar-refractivity contribution < 1.29 is 4.79 Å². The highest BCUT2D eigenvalue weighted by Crippen LogP contribution is 2.29. The first-order valence-electron chi connectivity index (χ1n) is 11.5. The molecule has 1 unspecified atom stereocenters. The van der Waals surface area contributed by atoms with Gasteiger partial charge in [-0.25, -0.2) is 0 Å². The Morgan fingerprint density at radius 3 is 2.19 bits per heavy atom. The summed E-state index contributed by atoms with van der Waals surface area (Å²) in [6.45, 7) is 17.9. The van der Waals surface area contributed by atoms with Gasteiger partial charge < -0.3 is 19.3 Å². The molecule has 0 saturated carbocycles. The molecule has 0 spiro atoms. The van der Waals surface area contributed by atoms with Gasteiger partial charge in [-0.3, -0.25) is 4.79 Å². The summed E-state index contributed by atoms with van der Waals surface area (Å²) in [6.07, 6.45) is 0. The Hall–Kier alpha value is -2.06. The van der Waals surface area contributed by atoms with Crippen LogP contribution in [0.25, 0.3) is 11.4 Å². The number of carbonyl (C=O) groups excluding carboxylic acids is 1. The Kier molecular flexibility index (Phi) is 8.37. The number of aromatic nitrogens is 3. The van der Waals surface area contributed by atoms with Crippen LogP contribution < -0.4 is 4.90 Å². The number of anilines is 1. The third-order valence-corrected chi connectivity index (χ3v) is 7.12. The highest BCUT2D eigenvalue weighted by Gasteiger charge is 2.27. The molecule has 0 radical (unpaired) electrons. The Morgan fingerprint density at radius 1 is 1.00 bits per heavy atom. The summed E-state index contributed by atoms with van der Waals surface area (Å²) in [7, 11) is 0. The van der Waals surface area contributed by atoms with Gasteiger partial charge in [0.1, 0.15) is 0 Å². The number of amides is 1. The number of thioether (sulfide) groups is 1. The van der Waals surface area contributed by atoms with Crippen molar-refractivity contribution in [2.75, 3.05) is 50.7 Å². The zero-order valence-corrected chi connectivity index (χ0v) is 20.4. The van der Waals surface area contributed by atoms with E-state index in [1.165, 1.54) is 17.4 Å². The standard InChI is InChI=1S/C23H36N6OS/c1-6-26-14-16-28(17-15-26)22(30)18(5)31-23-25-24-21(29(23)9-4)19-10-12-20(13-11-19)27(7-2)8-3/h10-13,18H,6-9,14-17H2,1-5H3. The fraction of sp³-hybridized carbons (Fsp3) is 0.609. The molecule has 0 N–H and O–H groups in total. The maximum atomic E-state index is 13.0. The van der Waals surface area contributed by atoms with Crippen LogP contribution >= 0.6 is 11.8 Å². The summed E-state index contributed by atoms with van der Waals surface area (Å²) >= 11 is 1.51. The second-order valence-corrected chi connectivity index (χ2v) is 9.10. The van der Waals surface area contributed by atoms with Gasteiger partial charge in [0, 0.05) is 57.1 Å². The lowest BCUT2D eigenvalue weighted by Crippen LogP contribution is -2.50. The van der Waals surface area contributed by atoms with E-state index in [2.05, 4.69) is 76.5 Å². The molecule has 1 atom stereocenters. The molecule has 8 heteroatoms. The van der Waals surface area contributed by atoms with Gasteiger partial charge in [-0.05, 0) is 58.5 Å². The maximum Gasteiger partial charge on any atom is 0.235 e. The molecule has 7 nitrogen and oxygen atoms in total. The average molecular weight is 445 g/mol. The number of carbonyl (C=O) groups is 1. The number of rotatable bonds is 9. The minimum atomic E-state index is -0.180. The number of hydrogen-bond donors (Lipinski definition) is 0. The first-order valence-corrected chi connectivity index (χ1v) is 12.4. The van der Waals surface area contributed by atoms with Gasteiger partial charge in [0.05, 0.1) is 5.25 Å². The Bertz CT molecular complexity index is 840. The molecule has 1 amide bonds. The highest BCUT2D eigenvalue weighted by molar-refractivity contribution is 8.00. The van der Waals surface area contributed by atoms with Crippen molar-refractivity contribution in [3.05, 3.63) is 24.3 Å². The zero-order chi connectivity index (χ0) is 22.4. The Morgan fingerprint density at radius 2 is 1.65 bits per heavy atom. The second kappa shape index (κ2) is 11.0. The number of piperazine rings is 1. The lowest BCUT2D eigenvalue weighted by Gasteiger charge is -2.35. The van der Waals surface area contributed by atoms with E-state index in [0.29, 0.717) is 0 Å². The topological polar surface area (TPSA) is 57.5 Å². The van der Waals surface area contributed by atoms with Crippen LogP contribution in [0.15, 0.2) is 29.4 Å². The molecule has 31 heavy (non-hydrogen) atoms. The van der Waals surface area contributed by atoms with E-state index in [4.69, 9.17) is 0 Å². The van der Waals surface area contributed by atoms with E-state index < -0.39 is 0 Å². The van der Waals surface area contributed by atoms with Crippen LogP contribution in [-0.4, -0.2) is 81.5 Å². The van der Waals surface area contributed by atoms with Crippen molar-refractivity contribution in [2.24, 2.45) is 0 Å². The molecule has 1 fully saturated rings. The molecule has 0 aliphatic carbocycles. The molecule has 1 aliphatic rings. The molecule has 0 bridgehead atoms. The van der Waals surface area contributed by atoms with Crippen LogP contribution in [0.5, 0.6) is 0 Å². The molecule has 1 aliphatic heterocycles. The minimum absolute atomic E-state index is 0.180. The van der Waals surface area contributed by atoms with E-state index in [1.807, 2.05) is 11.8 Å². The summed E-state index contributed by atoms with van der Waals surface area (Å²) in [5.74, 6) is 1.05. The fourth-order valence-electron chi connectivity index (χ4n) is 4.03. The van der Waals surface area contributed by atoms with Gasteiger partial charge in [-0.2, -0.15) is 0 Å². The summed E-state index contributed by atoms with van der Waals surface area (Å²) in [6, 6.07) is 8.51. The zero-order valence-electron chi connectivity index (χ0n) is 19.5. The normalized spacial score (nSPS) is 15.8. The number of likely N-dealkylation sites (N-methyl/N-ethyl adjacent to an activating group) is 1. The van der Waals surface area contributed by atoms with Crippen molar-refractivity contribution in [3.8, 4) is 11.4 Å². The molecule has 2 heterocycles. The van der Waals surface area contributed by atoms with Gasteiger partial charge in [0.15, 0.2) is 11.0 Å². The quantitative estimate of drug-likeness (QED) is 0.552. The maximum absolute atomic E-state index is 13.0. The van der Waals surface area contributed by atoms with E-state index in [0.717, 1.165) is 68.9 Å². The summed E-state index contributed by atoms with van der Waals surface area (Å²) < 4.78 is 2.11. The summed E-state index contributed by atoms with van der Waals surface area (Å²) in [5, 5.41) is 9.52. The van der Waals surface area contributed by atoms with Crippen molar-refractivity contribution in [1.82, 2.24) is 24.6 Å². The van der Waals surface area contributed by atoms with Crippen molar-refractivity contribution in [3.63, 3.8) is 0 Å². The average Bonchev–Trinajstić information content (AvgIpc) is 3.22. The smallest absolute Gasteiger partial charge is 0.235 e. The van der Waals surface area contributed by atoms with Crippen LogP contribution in [0, 0.1) is 0 Å². The molecular weight excluding hydrogens is 408 g/mol. The number of nitrogens with zero attached hydrogens (tertiary/aromatic N) is 6. The van der Waals surface area contributed by atoms with E-state index in [1.54, 1.807) is 0 Å². The summed E-state index contributed by atoms with van der Waals surface area (Å²) in [5.41, 5.74) is 2.26. The lowest BCUT2D eigenvalue weighted by molar-refractivity contribution is -0.132. The third kappa shape index (κ3) is 5.41. The molecular formula is C23H36N6OS. The van der Waals surface area contributed by atoms with Crippen LogP contribution in [-0.2, 0) is 11.3 Å². The van der Waals surface area contributed by atoms with Crippen molar-refractivity contribution in [2.45, 2.75) is 51.6 Å². The first-order chi connectivity index (χ1) is 15.0. The van der Waals surface area contributed by atoms with Crippen molar-refractivity contribution in [1.29, 1.82) is 0 Å². The Labute approximate surface area is 190 Å². The van der Waals surface area contributed by atoms with Crippen molar-refractivity contribution >= 4 is 23.4 Å². The number of benzene rings is 1. The van der Waals surface area contributed by atoms with Gasteiger partial charge in [0.25, 0.3) is 0 Å². The third-order valence-electron chi connectivity index (χ3n) is 6.05. The number of hydrogen-bond acceptors (Lipinski definition) is 6. The Balaban J connectivity index is 1.70. The van der Waals surface area contributed by atoms with Crippen LogP contribution in [0.3, 0.4) is 0 Å². The first kappa shape index (κ1) is 23.6. The van der Waals surface area contributed by atoms with Crippen LogP contribution in [0.4, 0.5) is 5.69 Å². The predicted octanol–water partition coefficient (Wildman–Crippen LogP) is 3.46. The van der Waals surface area contributed by atoms with Crippen LogP contribution in [0.1, 0.15) is 34.6 Å². The second-order valence-electron chi connectivity index (χ2n) is 7.79. The van der Waals surface area contributed by atoms with Gasteiger partial charge in [-0.15, -0.1) is 10.2 Å².